The van der Waals surface area contributed by atoms with E-state index in [0.717, 1.165) is 6.29 Å². The number of aldehydes is 1. The average Bonchev–Trinajstić information content (AvgIpc) is 2.15. The van der Waals surface area contributed by atoms with Gasteiger partial charge in [0.1, 0.15) is 0 Å². The van der Waals surface area contributed by atoms with Crippen molar-refractivity contribution in [3.63, 3.8) is 0 Å². The molecule has 0 aromatic carbocycles. The minimum absolute atomic E-state index is 0.306. The molecule has 50 valence electrons. The lowest BCUT2D eigenvalue weighted by molar-refractivity contribution is -0.111. The van der Waals surface area contributed by atoms with E-state index in [4.69, 9.17) is 0 Å². The molecule has 4 nitrogen and oxygen atoms in total. The number of hydrazone groups is 1. The molecule has 0 amide bonds. The third kappa shape index (κ3) is 1.05. The first-order valence-corrected chi connectivity index (χ1v) is 3.22. The van der Waals surface area contributed by atoms with Gasteiger partial charge >= 0.3 is 0 Å². The molecule has 0 aromatic rings. The molecule has 1 unspecified atom stereocenters. The van der Waals surface area contributed by atoms with E-state index in [1.807, 2.05) is 0 Å². The zero-order valence-electron chi connectivity index (χ0n) is 4.84. The van der Waals surface area contributed by atoms with Crippen LogP contribution in [0.1, 0.15) is 0 Å². The maximum atomic E-state index is 10.2. The van der Waals surface area contributed by atoms with Gasteiger partial charge in [0.15, 0.2) is 17.2 Å². The number of halogens is 1. The summed E-state index contributed by atoms with van der Waals surface area (Å²) in [6, 6.07) is 0. The smallest absolute Gasteiger partial charge is 0.193 e. The van der Waals surface area contributed by atoms with Crippen LogP contribution in [0.5, 0.6) is 0 Å². The second-order valence-electron chi connectivity index (χ2n) is 1.70. The van der Waals surface area contributed by atoms with Gasteiger partial charge in [-0.2, -0.15) is 5.10 Å². The van der Waals surface area contributed by atoms with Gasteiger partial charge in [-0.05, 0) is 15.9 Å². The van der Waals surface area contributed by atoms with E-state index >= 15 is 0 Å². The highest BCUT2D eigenvalue weighted by Crippen LogP contribution is 2.04. The van der Waals surface area contributed by atoms with Crippen molar-refractivity contribution >= 4 is 27.0 Å². The Morgan fingerprint density at radius 3 is 2.89 bits per heavy atom. The summed E-state index contributed by atoms with van der Waals surface area (Å²) in [6.45, 7) is 0. The highest BCUT2D eigenvalue weighted by atomic mass is 79.9. The Bertz CT molecular complexity index is 158. The van der Waals surface area contributed by atoms with Crippen LogP contribution in [0.3, 0.4) is 0 Å². The predicted octanol–water partition coefficient (Wildman–Crippen LogP) is -0.288. The summed E-state index contributed by atoms with van der Waals surface area (Å²) in [7, 11) is 1.77. The molecule has 0 aliphatic carbocycles. The van der Waals surface area contributed by atoms with E-state index in [1.165, 1.54) is 0 Å². The number of nitrogens with one attached hydrogen (secondary N) is 1. The lowest BCUT2D eigenvalue weighted by atomic mass is 10.5. The van der Waals surface area contributed by atoms with Gasteiger partial charge in [-0.15, -0.1) is 0 Å². The van der Waals surface area contributed by atoms with Crippen LogP contribution < -0.4 is 5.43 Å². The van der Waals surface area contributed by atoms with Crippen LogP contribution in [0, 0.1) is 0 Å². The summed E-state index contributed by atoms with van der Waals surface area (Å²) >= 11 is 3.14. The van der Waals surface area contributed by atoms with Crippen LogP contribution in [0.4, 0.5) is 0 Å². The summed E-state index contributed by atoms with van der Waals surface area (Å²) in [5.41, 5.74) is 2.60. The van der Waals surface area contributed by atoms with Crippen molar-refractivity contribution in [2.24, 2.45) is 5.10 Å². The minimum atomic E-state index is -0.306. The third-order valence-electron chi connectivity index (χ3n) is 1.13. The van der Waals surface area contributed by atoms with Crippen molar-refractivity contribution < 1.29 is 4.79 Å². The zero-order valence-corrected chi connectivity index (χ0v) is 6.42. The number of hydrogen-bond donors (Lipinski definition) is 1. The molecule has 5 heteroatoms. The third-order valence-corrected chi connectivity index (χ3v) is 1.86. The van der Waals surface area contributed by atoms with Gasteiger partial charge in [0.2, 0.25) is 0 Å². The van der Waals surface area contributed by atoms with E-state index < -0.39 is 0 Å². The molecule has 0 aromatic heterocycles. The van der Waals surface area contributed by atoms with Gasteiger partial charge < -0.3 is 4.90 Å². The zero-order chi connectivity index (χ0) is 6.85. The molecule has 0 bridgehead atoms. The Kier molecular flexibility index (Phi) is 1.70. The molecule has 9 heavy (non-hydrogen) atoms. The predicted molar refractivity (Wildman–Crippen MR) is 37.1 cm³/mol. The number of rotatable bonds is 1. The molecule has 0 radical (unpaired) electrons. The molecule has 1 heterocycles. The summed E-state index contributed by atoms with van der Waals surface area (Å²) in [5.74, 6) is 0. The van der Waals surface area contributed by atoms with Gasteiger partial charge in [0, 0.05) is 7.05 Å². The fraction of sp³-hybridized carbons (Fsp3) is 0.500. The van der Waals surface area contributed by atoms with Gasteiger partial charge in [0.05, 0.1) is 0 Å². The van der Waals surface area contributed by atoms with Crippen LogP contribution in [0.15, 0.2) is 5.10 Å². The molecule has 1 aliphatic rings. The Labute approximate surface area is 61.0 Å². The van der Waals surface area contributed by atoms with Crippen LogP contribution in [-0.2, 0) is 4.79 Å². The van der Waals surface area contributed by atoms with Crippen molar-refractivity contribution in [1.29, 1.82) is 0 Å². The highest BCUT2D eigenvalue weighted by molar-refractivity contribution is 9.18. The quantitative estimate of drug-likeness (QED) is 0.458. The van der Waals surface area contributed by atoms with Crippen LogP contribution >= 0.6 is 15.9 Å². The van der Waals surface area contributed by atoms with Gasteiger partial charge in [-0.25, -0.2) is 0 Å². The van der Waals surface area contributed by atoms with Crippen molar-refractivity contribution in [1.82, 2.24) is 10.3 Å². The maximum Gasteiger partial charge on any atom is 0.193 e. The van der Waals surface area contributed by atoms with Crippen LogP contribution in [-0.4, -0.2) is 29.1 Å². The lowest BCUT2D eigenvalue weighted by Gasteiger charge is -2.13. The summed E-state index contributed by atoms with van der Waals surface area (Å²) < 4.78 is 0.652. The van der Waals surface area contributed by atoms with E-state index in [2.05, 4.69) is 26.5 Å². The van der Waals surface area contributed by atoms with Crippen LogP contribution in [0.25, 0.3) is 0 Å². The summed E-state index contributed by atoms with van der Waals surface area (Å²) in [4.78, 5) is 11.9. The molecule has 1 atom stereocenters. The number of carbonyl (C=O) groups excluding carboxylic acids is 1. The Morgan fingerprint density at radius 1 is 2.00 bits per heavy atom. The lowest BCUT2D eigenvalue weighted by Crippen LogP contribution is -2.36. The highest BCUT2D eigenvalue weighted by Gasteiger charge is 2.20. The molecule has 0 fully saturated rings. The van der Waals surface area contributed by atoms with E-state index in [9.17, 15) is 4.79 Å². The minimum Gasteiger partial charge on any atom is -0.325 e. The molecule has 0 saturated carbocycles. The average molecular weight is 192 g/mol. The number of amidine groups is 1. The monoisotopic (exact) mass is 191 g/mol. The number of carbonyl (C=O) groups is 1. The standard InChI is InChI=1S/C4H6BrN3O/c1-8-3(2-9)6-7-4(8)5/h2-3,6H,1H3. The number of likely N-dealkylation sites (N-methyl/N-ethyl adjacent to an activating group) is 1. The summed E-state index contributed by atoms with van der Waals surface area (Å²) in [5, 5.41) is 3.75. The first-order chi connectivity index (χ1) is 4.25. The molecule has 1 N–H and O–H groups in total. The molecule has 0 saturated heterocycles. The molecular formula is C4H6BrN3O. The van der Waals surface area contributed by atoms with Crippen molar-refractivity contribution in [2.45, 2.75) is 6.17 Å². The Morgan fingerprint density at radius 2 is 2.67 bits per heavy atom. The van der Waals surface area contributed by atoms with E-state index in [1.54, 1.807) is 11.9 Å². The number of nitrogens with zero attached hydrogens (tertiary/aromatic N) is 2. The number of hydrogen-bond acceptors (Lipinski definition) is 4. The molecule has 1 rings (SSSR count). The first kappa shape index (κ1) is 6.54. The molecule has 0 spiro atoms. The molecule has 1 aliphatic heterocycles. The van der Waals surface area contributed by atoms with Gasteiger partial charge in [-0.1, -0.05) is 0 Å². The van der Waals surface area contributed by atoms with Crippen molar-refractivity contribution in [3.8, 4) is 0 Å². The Balaban J connectivity index is 2.61. The first-order valence-electron chi connectivity index (χ1n) is 2.42. The van der Waals surface area contributed by atoms with E-state index in [0.29, 0.717) is 4.74 Å². The molecular weight excluding hydrogens is 186 g/mol. The second-order valence-corrected chi connectivity index (χ2v) is 2.41. The van der Waals surface area contributed by atoms with Crippen molar-refractivity contribution in [3.05, 3.63) is 0 Å². The summed E-state index contributed by atoms with van der Waals surface area (Å²) in [6.07, 6.45) is 0.483. The van der Waals surface area contributed by atoms with Gasteiger partial charge in [0.25, 0.3) is 0 Å². The fourth-order valence-electron chi connectivity index (χ4n) is 0.521. The van der Waals surface area contributed by atoms with Crippen LogP contribution in [0.2, 0.25) is 0 Å². The fourth-order valence-corrected chi connectivity index (χ4v) is 0.844. The topological polar surface area (TPSA) is 44.7 Å². The van der Waals surface area contributed by atoms with E-state index in [-0.39, 0.29) is 6.17 Å². The Hall–Kier alpha value is -0.580. The maximum absolute atomic E-state index is 10.2. The van der Waals surface area contributed by atoms with Gasteiger partial charge in [-0.3, -0.25) is 10.2 Å². The second kappa shape index (κ2) is 2.34. The van der Waals surface area contributed by atoms with Crippen molar-refractivity contribution in [2.75, 3.05) is 7.05 Å². The SMILES string of the molecule is CN1C(Br)=NNC1C=O. The normalized spacial score (nSPS) is 25.3. The largest absolute Gasteiger partial charge is 0.325 e.